The third-order valence-electron chi connectivity index (χ3n) is 1.60. The number of carbonyl (C=O) groups excluding carboxylic acids is 1. The predicted molar refractivity (Wildman–Crippen MR) is 48.0 cm³/mol. The Hall–Kier alpha value is -1.78. The van der Waals surface area contributed by atoms with Crippen LogP contribution in [0.2, 0.25) is 0 Å². The summed E-state index contributed by atoms with van der Waals surface area (Å²) in [4.78, 5) is 29.1. The van der Waals surface area contributed by atoms with Crippen LogP contribution in [0.5, 0.6) is 0 Å². The largest absolute Gasteiger partial charge is 0.481 e. The second-order valence-electron chi connectivity index (χ2n) is 2.90. The van der Waals surface area contributed by atoms with Crippen LogP contribution in [0, 0.1) is 6.92 Å². The van der Waals surface area contributed by atoms with Crippen molar-refractivity contribution in [3.8, 4) is 0 Å². The zero-order valence-electron chi connectivity index (χ0n) is 7.73. The van der Waals surface area contributed by atoms with Crippen molar-refractivity contribution in [3.63, 3.8) is 0 Å². The predicted octanol–water partition coefficient (Wildman–Crippen LogP) is 0.833. The van der Waals surface area contributed by atoms with Crippen molar-refractivity contribution in [2.45, 2.75) is 19.8 Å². The van der Waals surface area contributed by atoms with Gasteiger partial charge in [0.2, 0.25) is 5.78 Å². The van der Waals surface area contributed by atoms with Gasteiger partial charge in [-0.3, -0.25) is 9.59 Å². The summed E-state index contributed by atoms with van der Waals surface area (Å²) in [5.41, 5.74) is 0.861. The standard InChI is InChI=1S/C9H10N2O3/c1-6-4-10-9(11-5-6)7(12)2-3-8(13)14/h4-5H,2-3H2,1H3,(H,13,14). The van der Waals surface area contributed by atoms with Crippen LogP contribution in [0.15, 0.2) is 12.4 Å². The van der Waals surface area contributed by atoms with E-state index >= 15 is 0 Å². The van der Waals surface area contributed by atoms with Crippen LogP contribution in [0.4, 0.5) is 0 Å². The second kappa shape index (κ2) is 4.45. The molecule has 1 aromatic rings. The van der Waals surface area contributed by atoms with Crippen LogP contribution in [-0.2, 0) is 4.79 Å². The van der Waals surface area contributed by atoms with E-state index in [2.05, 4.69) is 9.97 Å². The minimum atomic E-state index is -0.995. The number of nitrogens with zero attached hydrogens (tertiary/aromatic N) is 2. The minimum absolute atomic E-state index is 0.0571. The lowest BCUT2D eigenvalue weighted by atomic mass is 10.2. The number of carbonyl (C=O) groups is 2. The molecule has 0 bridgehead atoms. The Balaban J connectivity index is 2.61. The average molecular weight is 194 g/mol. The van der Waals surface area contributed by atoms with Crippen molar-refractivity contribution in [2.75, 3.05) is 0 Å². The van der Waals surface area contributed by atoms with Crippen LogP contribution < -0.4 is 0 Å². The van der Waals surface area contributed by atoms with Gasteiger partial charge in [0.1, 0.15) is 0 Å². The molecule has 0 atom stereocenters. The molecule has 0 aromatic carbocycles. The highest BCUT2D eigenvalue weighted by Crippen LogP contribution is 2.00. The molecule has 1 aromatic heterocycles. The zero-order chi connectivity index (χ0) is 10.6. The van der Waals surface area contributed by atoms with Gasteiger partial charge in [0.15, 0.2) is 5.82 Å². The van der Waals surface area contributed by atoms with Crippen molar-refractivity contribution in [3.05, 3.63) is 23.8 Å². The van der Waals surface area contributed by atoms with Crippen molar-refractivity contribution >= 4 is 11.8 Å². The molecular weight excluding hydrogens is 184 g/mol. The molecule has 0 saturated heterocycles. The molecule has 14 heavy (non-hydrogen) atoms. The number of aryl methyl sites for hydroxylation is 1. The van der Waals surface area contributed by atoms with E-state index in [0.717, 1.165) is 5.56 Å². The van der Waals surface area contributed by atoms with E-state index in [9.17, 15) is 9.59 Å². The maximum Gasteiger partial charge on any atom is 0.303 e. The maximum absolute atomic E-state index is 11.3. The highest BCUT2D eigenvalue weighted by Gasteiger charge is 2.10. The van der Waals surface area contributed by atoms with Crippen molar-refractivity contribution in [1.82, 2.24) is 9.97 Å². The Morgan fingerprint density at radius 3 is 2.36 bits per heavy atom. The molecule has 0 aliphatic carbocycles. The molecule has 5 heteroatoms. The third-order valence-corrected chi connectivity index (χ3v) is 1.60. The van der Waals surface area contributed by atoms with E-state index in [0.29, 0.717) is 0 Å². The van der Waals surface area contributed by atoms with Crippen molar-refractivity contribution in [1.29, 1.82) is 0 Å². The van der Waals surface area contributed by atoms with Crippen LogP contribution in [-0.4, -0.2) is 26.8 Å². The molecule has 1 rings (SSSR count). The first-order valence-corrected chi connectivity index (χ1v) is 4.13. The van der Waals surface area contributed by atoms with Gasteiger partial charge in [-0.2, -0.15) is 0 Å². The summed E-state index contributed by atoms with van der Waals surface area (Å²) in [6, 6.07) is 0. The average Bonchev–Trinajstić information content (AvgIpc) is 2.15. The Bertz CT molecular complexity index is 346. The molecule has 0 unspecified atom stereocenters. The molecule has 0 amide bonds. The van der Waals surface area contributed by atoms with E-state index in [1.165, 1.54) is 12.4 Å². The second-order valence-corrected chi connectivity index (χ2v) is 2.90. The van der Waals surface area contributed by atoms with Gasteiger partial charge in [-0.15, -0.1) is 0 Å². The lowest BCUT2D eigenvalue weighted by Crippen LogP contribution is -2.07. The number of hydrogen-bond acceptors (Lipinski definition) is 4. The lowest BCUT2D eigenvalue weighted by Gasteiger charge is -1.97. The smallest absolute Gasteiger partial charge is 0.303 e. The number of carboxylic acids is 1. The normalized spacial score (nSPS) is 9.79. The summed E-state index contributed by atoms with van der Waals surface area (Å²) in [5, 5.41) is 8.36. The SMILES string of the molecule is Cc1cnc(C(=O)CCC(=O)O)nc1. The molecule has 0 saturated carbocycles. The van der Waals surface area contributed by atoms with Crippen molar-refractivity contribution in [2.24, 2.45) is 0 Å². The summed E-state index contributed by atoms with van der Waals surface area (Å²) in [5.74, 6) is -1.25. The molecular formula is C9H10N2O3. The summed E-state index contributed by atoms with van der Waals surface area (Å²) < 4.78 is 0. The molecule has 0 spiro atoms. The first-order valence-electron chi connectivity index (χ1n) is 4.13. The Morgan fingerprint density at radius 2 is 1.86 bits per heavy atom. The van der Waals surface area contributed by atoms with Gasteiger partial charge in [-0.25, -0.2) is 9.97 Å². The number of hydrogen-bond donors (Lipinski definition) is 1. The first-order chi connectivity index (χ1) is 6.59. The summed E-state index contributed by atoms with van der Waals surface area (Å²) in [6.07, 6.45) is 2.82. The Kier molecular flexibility index (Phi) is 3.28. The number of aromatic nitrogens is 2. The maximum atomic E-state index is 11.3. The minimum Gasteiger partial charge on any atom is -0.481 e. The lowest BCUT2D eigenvalue weighted by molar-refractivity contribution is -0.136. The summed E-state index contributed by atoms with van der Waals surface area (Å²) >= 11 is 0. The van der Waals surface area contributed by atoms with Crippen molar-refractivity contribution < 1.29 is 14.7 Å². The molecule has 1 heterocycles. The monoisotopic (exact) mass is 194 g/mol. The van der Waals surface area contributed by atoms with Gasteiger partial charge >= 0.3 is 5.97 Å². The quantitative estimate of drug-likeness (QED) is 0.718. The summed E-state index contributed by atoms with van der Waals surface area (Å²) in [6.45, 7) is 1.81. The van der Waals surface area contributed by atoms with Gasteiger partial charge in [0.25, 0.3) is 0 Å². The fourth-order valence-electron chi connectivity index (χ4n) is 0.869. The molecule has 0 aliphatic rings. The van der Waals surface area contributed by atoms with E-state index in [1.807, 2.05) is 6.92 Å². The van der Waals surface area contributed by atoms with Crippen LogP contribution in [0.3, 0.4) is 0 Å². The van der Waals surface area contributed by atoms with Gasteiger partial charge in [-0.05, 0) is 12.5 Å². The van der Waals surface area contributed by atoms with Crippen LogP contribution >= 0.6 is 0 Å². The van der Waals surface area contributed by atoms with E-state index < -0.39 is 5.97 Å². The summed E-state index contributed by atoms with van der Waals surface area (Å²) in [7, 11) is 0. The fourth-order valence-corrected chi connectivity index (χ4v) is 0.869. The van der Waals surface area contributed by atoms with Crippen LogP contribution in [0.25, 0.3) is 0 Å². The fraction of sp³-hybridized carbons (Fsp3) is 0.333. The van der Waals surface area contributed by atoms with Gasteiger partial charge in [-0.1, -0.05) is 0 Å². The Labute approximate surface area is 80.8 Å². The molecule has 5 nitrogen and oxygen atoms in total. The van der Waals surface area contributed by atoms with Crippen LogP contribution in [0.1, 0.15) is 29.0 Å². The zero-order valence-corrected chi connectivity index (χ0v) is 7.73. The van der Waals surface area contributed by atoms with Gasteiger partial charge in [0, 0.05) is 18.8 Å². The third kappa shape index (κ3) is 2.93. The van der Waals surface area contributed by atoms with E-state index in [4.69, 9.17) is 5.11 Å². The number of carboxylic acid groups (broad SMARTS) is 1. The highest BCUT2D eigenvalue weighted by atomic mass is 16.4. The van der Waals surface area contributed by atoms with E-state index in [1.54, 1.807) is 0 Å². The molecule has 1 N–H and O–H groups in total. The Morgan fingerprint density at radius 1 is 1.29 bits per heavy atom. The molecule has 0 aliphatic heterocycles. The molecule has 0 radical (unpaired) electrons. The van der Waals surface area contributed by atoms with E-state index in [-0.39, 0.29) is 24.4 Å². The molecule has 0 fully saturated rings. The topological polar surface area (TPSA) is 80.2 Å². The van der Waals surface area contributed by atoms with Gasteiger partial charge < -0.3 is 5.11 Å². The number of Topliss-reactive ketones (excluding diaryl/α,β-unsaturated/α-hetero) is 1. The number of ketones is 1. The first kappa shape index (κ1) is 10.3. The highest BCUT2D eigenvalue weighted by molar-refractivity contribution is 5.94. The van der Waals surface area contributed by atoms with Gasteiger partial charge in [0.05, 0.1) is 6.42 Å². The molecule has 74 valence electrons. The number of rotatable bonds is 4. The number of aliphatic carboxylic acids is 1.